The molecule has 0 aliphatic carbocycles. The molecule has 1 N–H and O–H groups in total. The van der Waals surface area contributed by atoms with Crippen molar-refractivity contribution in [1.82, 2.24) is 0 Å². The van der Waals surface area contributed by atoms with E-state index in [1.807, 2.05) is 18.2 Å². The third-order valence-corrected chi connectivity index (χ3v) is 8.96. The van der Waals surface area contributed by atoms with E-state index < -0.39 is 15.9 Å². The van der Waals surface area contributed by atoms with Crippen LogP contribution < -0.4 is 14.2 Å². The summed E-state index contributed by atoms with van der Waals surface area (Å²) >= 11 is 3.31. The number of hydrogen-bond acceptors (Lipinski definition) is 8. The quantitative estimate of drug-likeness (QED) is 0.291. The molecule has 0 bridgehead atoms. The highest BCUT2D eigenvalue weighted by molar-refractivity contribution is 8.03. The van der Waals surface area contributed by atoms with Crippen molar-refractivity contribution in [3.63, 3.8) is 0 Å². The monoisotopic (exact) mass is 546 g/mol. The number of allylic oxidation sites excluding steroid dienone is 2. The highest BCUT2D eigenvalue weighted by Gasteiger charge is 2.25. The van der Waals surface area contributed by atoms with Crippen molar-refractivity contribution in [2.75, 3.05) is 30.9 Å². The maximum absolute atomic E-state index is 11.2. The highest BCUT2D eigenvalue weighted by atomic mass is 32.2. The number of rotatable bonds is 10. The molecule has 2 heterocycles. The number of aromatic nitrogens is 1. The van der Waals surface area contributed by atoms with Gasteiger partial charge in [-0.15, -0.1) is 0 Å². The SMILES string of the molecule is CCC(=Cc1sc2ccc(OC)cc2[n+]1CCCS(=O)(=O)[O-])C=C1Sc2ccc(C)cc2N1CCO. The number of aliphatic hydroxyl groups excluding tert-OH is 1. The standard InChI is InChI=1S/C26H30N2O5S3/c1-4-19(16-26-28(11-12-29)21-14-18(2)6-8-23(21)34-26)15-25-27(10-5-13-36(30,31)32)22-17-20(33-3)7-9-24(22)35-25/h6-9,14-17,29H,4-5,10-13H2,1-3H3. The van der Waals surface area contributed by atoms with Crippen LogP contribution in [0.25, 0.3) is 16.3 Å². The topological polar surface area (TPSA) is 93.8 Å². The van der Waals surface area contributed by atoms with Crippen LogP contribution in [0, 0.1) is 6.92 Å². The lowest BCUT2D eigenvalue weighted by atomic mass is 10.1. The van der Waals surface area contributed by atoms with Crippen molar-refractivity contribution in [2.24, 2.45) is 0 Å². The smallest absolute Gasteiger partial charge is 0.263 e. The molecule has 36 heavy (non-hydrogen) atoms. The Morgan fingerprint density at radius 2 is 2.06 bits per heavy atom. The van der Waals surface area contributed by atoms with Crippen LogP contribution in [0.1, 0.15) is 30.3 Å². The summed E-state index contributed by atoms with van der Waals surface area (Å²) in [5.74, 6) is 0.313. The predicted molar refractivity (Wildman–Crippen MR) is 146 cm³/mol. The summed E-state index contributed by atoms with van der Waals surface area (Å²) < 4.78 is 42.1. The maximum Gasteiger partial charge on any atom is 0.263 e. The van der Waals surface area contributed by atoms with Crippen molar-refractivity contribution >= 4 is 55.2 Å². The third-order valence-electron chi connectivity index (χ3n) is 5.95. The summed E-state index contributed by atoms with van der Waals surface area (Å²) in [7, 11) is -2.67. The van der Waals surface area contributed by atoms with Gasteiger partial charge in [-0.25, -0.2) is 8.42 Å². The van der Waals surface area contributed by atoms with Crippen molar-refractivity contribution in [2.45, 2.75) is 38.1 Å². The minimum Gasteiger partial charge on any atom is -0.748 e. The summed E-state index contributed by atoms with van der Waals surface area (Å²) in [5.41, 5.74) is 4.33. The van der Waals surface area contributed by atoms with E-state index in [4.69, 9.17) is 4.74 Å². The summed E-state index contributed by atoms with van der Waals surface area (Å²) in [4.78, 5) is 3.32. The second-order valence-corrected chi connectivity index (χ2v) is 12.2. The van der Waals surface area contributed by atoms with Gasteiger partial charge in [0.15, 0.2) is 6.54 Å². The van der Waals surface area contributed by atoms with E-state index in [-0.39, 0.29) is 13.0 Å². The number of methoxy groups -OCH3 is 1. The van der Waals surface area contributed by atoms with E-state index in [1.54, 1.807) is 30.2 Å². The van der Waals surface area contributed by atoms with E-state index in [0.29, 0.717) is 18.8 Å². The van der Waals surface area contributed by atoms with Crippen LogP contribution in [-0.2, 0) is 16.7 Å². The van der Waals surface area contributed by atoms with Crippen LogP contribution in [0.2, 0.25) is 0 Å². The van der Waals surface area contributed by atoms with Gasteiger partial charge in [0.2, 0.25) is 5.52 Å². The van der Waals surface area contributed by atoms with Gasteiger partial charge in [-0.2, -0.15) is 4.57 Å². The average Bonchev–Trinajstić information content (AvgIpc) is 3.35. The Morgan fingerprint density at radius 3 is 2.75 bits per heavy atom. The fourth-order valence-electron chi connectivity index (χ4n) is 4.16. The van der Waals surface area contributed by atoms with E-state index in [9.17, 15) is 18.1 Å². The lowest BCUT2D eigenvalue weighted by Gasteiger charge is -2.19. The van der Waals surface area contributed by atoms with E-state index in [1.165, 1.54) is 10.5 Å². The first-order valence-electron chi connectivity index (χ1n) is 11.8. The van der Waals surface area contributed by atoms with Crippen LogP contribution in [0.3, 0.4) is 0 Å². The zero-order valence-corrected chi connectivity index (χ0v) is 23.0. The number of benzene rings is 2. The molecule has 1 aliphatic rings. The zero-order valence-electron chi connectivity index (χ0n) is 20.6. The molecule has 3 aromatic rings. The van der Waals surface area contributed by atoms with Crippen LogP contribution in [0.5, 0.6) is 5.75 Å². The lowest BCUT2D eigenvalue weighted by Crippen LogP contribution is -2.36. The molecular weight excluding hydrogens is 516 g/mol. The molecule has 0 saturated heterocycles. The number of aliphatic hydroxyl groups is 1. The number of anilines is 1. The molecule has 0 fully saturated rings. The van der Waals surface area contributed by atoms with Gasteiger partial charge in [-0.3, -0.25) is 0 Å². The first kappa shape index (κ1) is 26.7. The van der Waals surface area contributed by atoms with Crippen molar-refractivity contribution < 1.29 is 27.4 Å². The number of aryl methyl sites for hydroxylation is 2. The largest absolute Gasteiger partial charge is 0.748 e. The Hall–Kier alpha value is -2.37. The minimum atomic E-state index is -4.28. The van der Waals surface area contributed by atoms with Crippen LogP contribution in [-0.4, -0.2) is 44.1 Å². The molecule has 0 spiro atoms. The lowest BCUT2D eigenvalue weighted by molar-refractivity contribution is -0.668. The molecular formula is C26H30N2O5S3. The van der Waals surface area contributed by atoms with Crippen molar-refractivity contribution in [3.05, 3.63) is 63.6 Å². The Morgan fingerprint density at radius 1 is 1.25 bits per heavy atom. The number of hydrogen-bond donors (Lipinski definition) is 1. The fourth-order valence-corrected chi connectivity index (χ4v) is 6.93. The Kier molecular flexibility index (Phi) is 8.41. The number of fused-ring (bicyclic) bond motifs is 2. The molecule has 1 aliphatic heterocycles. The zero-order chi connectivity index (χ0) is 25.9. The first-order valence-corrected chi connectivity index (χ1v) is 15.0. The Balaban J connectivity index is 1.74. The van der Waals surface area contributed by atoms with Gasteiger partial charge in [0.05, 0.1) is 40.6 Å². The highest BCUT2D eigenvalue weighted by Crippen LogP contribution is 2.46. The predicted octanol–water partition coefficient (Wildman–Crippen LogP) is 4.68. The number of thiazole rings is 1. The number of β-amino-alcohol motifs (C(OH)–C–C–N with tert-alkyl or cyclic N) is 1. The van der Waals surface area contributed by atoms with Gasteiger partial charge < -0.3 is 19.3 Å². The van der Waals surface area contributed by atoms with Crippen molar-refractivity contribution in [3.8, 4) is 5.75 Å². The minimum absolute atomic E-state index is 0.0528. The van der Waals surface area contributed by atoms with Gasteiger partial charge in [-0.05, 0) is 54.8 Å². The maximum atomic E-state index is 11.2. The van der Waals surface area contributed by atoms with Crippen LogP contribution in [0.4, 0.5) is 5.69 Å². The molecule has 10 heteroatoms. The molecule has 1 aromatic heterocycles. The van der Waals surface area contributed by atoms with Gasteiger partial charge in [0.1, 0.15) is 10.4 Å². The molecule has 7 nitrogen and oxygen atoms in total. The first-order chi connectivity index (χ1) is 17.2. The second kappa shape index (κ2) is 11.4. The molecule has 192 valence electrons. The van der Waals surface area contributed by atoms with Crippen LogP contribution >= 0.6 is 23.1 Å². The second-order valence-electron chi connectivity index (χ2n) is 8.54. The molecule has 2 aromatic carbocycles. The van der Waals surface area contributed by atoms with Crippen molar-refractivity contribution in [1.29, 1.82) is 0 Å². The molecule has 0 saturated carbocycles. The van der Waals surface area contributed by atoms with E-state index in [0.717, 1.165) is 37.9 Å². The van der Waals surface area contributed by atoms with Gasteiger partial charge >= 0.3 is 0 Å². The van der Waals surface area contributed by atoms with Crippen LogP contribution in [0.15, 0.2) is 58.0 Å². The molecule has 0 atom stereocenters. The van der Waals surface area contributed by atoms with Gasteiger partial charge in [0.25, 0.3) is 5.01 Å². The summed E-state index contributed by atoms with van der Waals surface area (Å²) in [5, 5.41) is 11.7. The summed E-state index contributed by atoms with van der Waals surface area (Å²) in [6.07, 6.45) is 5.31. The summed E-state index contributed by atoms with van der Waals surface area (Å²) in [6.45, 7) is 5.13. The fraction of sp³-hybridized carbons (Fsp3) is 0.346. The number of nitrogens with zero attached hydrogens (tertiary/aromatic N) is 2. The third kappa shape index (κ3) is 6.12. The number of thioether (sulfide) groups is 1. The normalized spacial score (nSPS) is 15.2. The summed E-state index contributed by atoms with van der Waals surface area (Å²) in [6, 6.07) is 12.2. The molecule has 0 unspecified atom stereocenters. The Labute approximate surface area is 220 Å². The average molecular weight is 547 g/mol. The number of ether oxygens (including phenoxy) is 1. The van der Waals surface area contributed by atoms with Gasteiger partial charge in [0, 0.05) is 29.7 Å². The molecule has 4 rings (SSSR count). The molecule has 0 radical (unpaired) electrons. The van der Waals surface area contributed by atoms with E-state index >= 15 is 0 Å². The Bertz CT molecular complexity index is 1430. The van der Waals surface area contributed by atoms with E-state index in [2.05, 4.69) is 53.7 Å². The van der Waals surface area contributed by atoms with Gasteiger partial charge in [-0.1, -0.05) is 36.1 Å². The molecule has 0 amide bonds.